The Bertz CT molecular complexity index is 543. The lowest BCUT2D eigenvalue weighted by molar-refractivity contribution is -0.137. The summed E-state index contributed by atoms with van der Waals surface area (Å²) in [4.78, 5) is 27.0. The van der Waals surface area contributed by atoms with E-state index in [2.05, 4.69) is 36.8 Å². The minimum Gasteiger partial charge on any atom is -0.481 e. The Morgan fingerprint density at radius 2 is 1.81 bits per heavy atom. The van der Waals surface area contributed by atoms with Crippen LogP contribution >= 0.6 is 31.9 Å². The molecule has 0 bridgehead atoms. The van der Waals surface area contributed by atoms with Gasteiger partial charge in [-0.15, -0.1) is 0 Å². The van der Waals surface area contributed by atoms with Crippen LogP contribution in [0.1, 0.15) is 16.8 Å². The molecule has 0 saturated carbocycles. The first-order valence-electron chi connectivity index (χ1n) is 6.66. The molecule has 0 aliphatic carbocycles. The highest BCUT2D eigenvalue weighted by atomic mass is 79.9. The molecule has 0 spiro atoms. The lowest BCUT2D eigenvalue weighted by Gasteiger charge is -2.34. The summed E-state index contributed by atoms with van der Waals surface area (Å²) in [5.74, 6) is -0.785. The predicted molar refractivity (Wildman–Crippen MR) is 86.4 cm³/mol. The number of nitrogens with zero attached hydrogens (tertiary/aromatic N) is 2. The molecule has 1 saturated heterocycles. The molecule has 0 aromatic heterocycles. The highest BCUT2D eigenvalue weighted by Gasteiger charge is 2.23. The van der Waals surface area contributed by atoms with Gasteiger partial charge in [-0.2, -0.15) is 0 Å². The summed E-state index contributed by atoms with van der Waals surface area (Å²) in [7, 11) is 0. The summed E-state index contributed by atoms with van der Waals surface area (Å²) >= 11 is 6.78. The number of amides is 1. The largest absolute Gasteiger partial charge is 0.481 e. The van der Waals surface area contributed by atoms with Crippen LogP contribution in [0, 0.1) is 0 Å². The molecule has 5 nitrogen and oxygen atoms in total. The number of carbonyl (C=O) groups excluding carboxylic acids is 1. The molecule has 114 valence electrons. The number of benzene rings is 1. The van der Waals surface area contributed by atoms with Gasteiger partial charge in [0.25, 0.3) is 5.91 Å². The second-order valence-electron chi connectivity index (χ2n) is 4.90. The molecular formula is C14H16Br2N2O3. The third-order valence-corrected chi connectivity index (χ3v) is 4.64. The normalized spacial score (nSPS) is 16.0. The number of hydrogen-bond acceptors (Lipinski definition) is 3. The van der Waals surface area contributed by atoms with Gasteiger partial charge in [-0.05, 0) is 34.1 Å². The summed E-state index contributed by atoms with van der Waals surface area (Å²) in [6, 6.07) is 5.54. The second-order valence-corrected chi connectivity index (χ2v) is 6.67. The standard InChI is InChI=1S/C14H16Br2N2O3/c15-10-1-2-12(16)11(9-10)14(21)18-7-5-17(6-8-18)4-3-13(19)20/h1-2,9H,3-8H2,(H,19,20). The first-order chi connectivity index (χ1) is 9.97. The van der Waals surface area contributed by atoms with E-state index in [9.17, 15) is 9.59 Å². The van der Waals surface area contributed by atoms with Gasteiger partial charge in [-0.3, -0.25) is 14.5 Å². The number of halogens is 2. The molecule has 21 heavy (non-hydrogen) atoms. The maximum absolute atomic E-state index is 12.5. The van der Waals surface area contributed by atoms with Crippen molar-refractivity contribution in [2.75, 3.05) is 32.7 Å². The zero-order valence-corrected chi connectivity index (χ0v) is 14.6. The number of piperazine rings is 1. The van der Waals surface area contributed by atoms with Crippen LogP contribution in [0.4, 0.5) is 0 Å². The smallest absolute Gasteiger partial charge is 0.304 e. The van der Waals surface area contributed by atoms with Crippen molar-refractivity contribution in [2.45, 2.75) is 6.42 Å². The third-order valence-electron chi connectivity index (χ3n) is 3.46. The van der Waals surface area contributed by atoms with E-state index >= 15 is 0 Å². The van der Waals surface area contributed by atoms with Crippen molar-refractivity contribution in [3.63, 3.8) is 0 Å². The Hall–Kier alpha value is -0.920. The molecule has 0 atom stereocenters. The third kappa shape index (κ3) is 4.52. The first kappa shape index (κ1) is 16.5. The lowest BCUT2D eigenvalue weighted by Crippen LogP contribution is -2.49. The number of carboxylic acids is 1. The van der Waals surface area contributed by atoms with Gasteiger partial charge in [0.2, 0.25) is 0 Å². The number of aliphatic carboxylic acids is 1. The maximum atomic E-state index is 12.5. The first-order valence-corrected chi connectivity index (χ1v) is 8.24. The van der Waals surface area contributed by atoms with Gasteiger partial charge in [0.05, 0.1) is 12.0 Å². The average Bonchev–Trinajstić information content (AvgIpc) is 2.47. The molecule has 2 rings (SSSR count). The fraction of sp³-hybridized carbons (Fsp3) is 0.429. The quantitative estimate of drug-likeness (QED) is 0.814. The SMILES string of the molecule is O=C(O)CCN1CCN(C(=O)c2cc(Br)ccc2Br)CC1. The van der Waals surface area contributed by atoms with Gasteiger partial charge < -0.3 is 10.0 Å². The van der Waals surface area contributed by atoms with E-state index in [0.29, 0.717) is 38.3 Å². The van der Waals surface area contributed by atoms with E-state index in [1.54, 1.807) is 0 Å². The zero-order valence-electron chi connectivity index (χ0n) is 11.4. The number of rotatable bonds is 4. The van der Waals surface area contributed by atoms with E-state index in [-0.39, 0.29) is 12.3 Å². The Morgan fingerprint density at radius 3 is 2.43 bits per heavy atom. The minimum atomic E-state index is -0.786. The van der Waals surface area contributed by atoms with Crippen LogP contribution in [-0.2, 0) is 4.79 Å². The fourth-order valence-corrected chi connectivity index (χ4v) is 3.04. The molecule has 1 amide bonds. The Labute approximate surface area is 140 Å². The highest BCUT2D eigenvalue weighted by Crippen LogP contribution is 2.23. The molecule has 0 unspecified atom stereocenters. The van der Waals surface area contributed by atoms with Gasteiger partial charge in [0, 0.05) is 41.7 Å². The molecule has 1 heterocycles. The van der Waals surface area contributed by atoms with E-state index in [1.807, 2.05) is 23.1 Å². The zero-order chi connectivity index (χ0) is 15.4. The van der Waals surface area contributed by atoms with Crippen LogP contribution in [0.25, 0.3) is 0 Å². The predicted octanol–water partition coefficient (Wildman–Crippen LogP) is 2.44. The average molecular weight is 420 g/mol. The Kier molecular flexibility index (Phi) is 5.78. The monoisotopic (exact) mass is 418 g/mol. The van der Waals surface area contributed by atoms with Crippen molar-refractivity contribution >= 4 is 43.7 Å². The van der Waals surface area contributed by atoms with Crippen LogP contribution in [-0.4, -0.2) is 59.5 Å². The van der Waals surface area contributed by atoms with E-state index in [0.717, 1.165) is 8.95 Å². The Morgan fingerprint density at radius 1 is 1.14 bits per heavy atom. The van der Waals surface area contributed by atoms with Crippen molar-refractivity contribution < 1.29 is 14.7 Å². The topological polar surface area (TPSA) is 60.9 Å². The van der Waals surface area contributed by atoms with Gasteiger partial charge in [-0.1, -0.05) is 15.9 Å². The van der Waals surface area contributed by atoms with Crippen molar-refractivity contribution in [2.24, 2.45) is 0 Å². The molecular weight excluding hydrogens is 404 g/mol. The highest BCUT2D eigenvalue weighted by molar-refractivity contribution is 9.11. The Balaban J connectivity index is 1.94. The van der Waals surface area contributed by atoms with Gasteiger partial charge >= 0.3 is 5.97 Å². The van der Waals surface area contributed by atoms with E-state index in [1.165, 1.54) is 0 Å². The van der Waals surface area contributed by atoms with Gasteiger partial charge in [-0.25, -0.2) is 0 Å². The van der Waals surface area contributed by atoms with Crippen molar-refractivity contribution in [3.8, 4) is 0 Å². The van der Waals surface area contributed by atoms with E-state index in [4.69, 9.17) is 5.11 Å². The van der Waals surface area contributed by atoms with E-state index < -0.39 is 5.97 Å². The molecule has 7 heteroatoms. The van der Waals surface area contributed by atoms with Gasteiger partial charge in [0.1, 0.15) is 0 Å². The molecule has 1 fully saturated rings. The second kappa shape index (κ2) is 7.38. The summed E-state index contributed by atoms with van der Waals surface area (Å²) in [6.07, 6.45) is 0.144. The van der Waals surface area contributed by atoms with Crippen LogP contribution in [0.2, 0.25) is 0 Å². The summed E-state index contributed by atoms with van der Waals surface area (Å²) < 4.78 is 1.65. The maximum Gasteiger partial charge on any atom is 0.304 e. The lowest BCUT2D eigenvalue weighted by atomic mass is 10.2. The number of carboxylic acid groups (broad SMARTS) is 1. The van der Waals surface area contributed by atoms with Crippen LogP contribution in [0.3, 0.4) is 0 Å². The van der Waals surface area contributed by atoms with Crippen LogP contribution in [0.15, 0.2) is 27.1 Å². The molecule has 1 N–H and O–H groups in total. The molecule has 0 radical (unpaired) electrons. The van der Waals surface area contributed by atoms with Gasteiger partial charge in [0.15, 0.2) is 0 Å². The number of carbonyl (C=O) groups is 2. The molecule has 1 aromatic rings. The van der Waals surface area contributed by atoms with Crippen molar-refractivity contribution in [1.82, 2.24) is 9.80 Å². The van der Waals surface area contributed by atoms with Crippen molar-refractivity contribution in [1.29, 1.82) is 0 Å². The number of hydrogen-bond donors (Lipinski definition) is 1. The van der Waals surface area contributed by atoms with Crippen LogP contribution < -0.4 is 0 Å². The van der Waals surface area contributed by atoms with Crippen LogP contribution in [0.5, 0.6) is 0 Å². The summed E-state index contributed by atoms with van der Waals surface area (Å²) in [6.45, 7) is 3.21. The summed E-state index contributed by atoms with van der Waals surface area (Å²) in [5, 5.41) is 8.69. The van der Waals surface area contributed by atoms with Crippen molar-refractivity contribution in [3.05, 3.63) is 32.7 Å². The summed E-state index contributed by atoms with van der Waals surface area (Å²) in [5.41, 5.74) is 0.642. The molecule has 1 aliphatic rings. The fourth-order valence-electron chi connectivity index (χ4n) is 2.26. The molecule has 1 aromatic carbocycles. The molecule has 1 aliphatic heterocycles. The minimum absolute atomic E-state index is 0.000981.